The van der Waals surface area contributed by atoms with Gasteiger partial charge in [0.25, 0.3) is 0 Å². The van der Waals surface area contributed by atoms with E-state index in [-0.39, 0.29) is 11.7 Å². The number of amides is 1. The lowest BCUT2D eigenvalue weighted by Crippen LogP contribution is -2.44. The first-order valence-corrected chi connectivity index (χ1v) is 9.51. The number of hydrogen-bond acceptors (Lipinski definition) is 5. The quantitative estimate of drug-likeness (QED) is 0.346. The number of pyridine rings is 1. The molecule has 138 valence electrons. The zero-order chi connectivity index (χ0) is 19.1. The molecule has 6 nitrogen and oxygen atoms in total. The number of hydrazine groups is 1. The lowest BCUT2D eigenvalue weighted by molar-refractivity contribution is -0.119. The number of rotatable bonds is 5. The molecule has 8 heteroatoms. The van der Waals surface area contributed by atoms with Gasteiger partial charge in [-0.25, -0.2) is 0 Å². The van der Waals surface area contributed by atoms with Gasteiger partial charge in [0.2, 0.25) is 5.91 Å². The molecule has 3 aromatic rings. The molecule has 3 rings (SSSR count). The van der Waals surface area contributed by atoms with Crippen LogP contribution in [0.2, 0.25) is 0 Å². The SMILES string of the molecule is COc1ccc(NC(=S)NNC(=O)CSc2cccc3cccnc23)cc1. The number of nitrogens with one attached hydrogen (secondary N) is 3. The van der Waals surface area contributed by atoms with Crippen molar-refractivity contribution in [3.8, 4) is 5.75 Å². The summed E-state index contributed by atoms with van der Waals surface area (Å²) in [5.41, 5.74) is 6.96. The standard InChI is InChI=1S/C19H18N4O2S2/c1-25-15-9-7-14(8-10-15)21-19(26)23-22-17(24)12-27-16-6-2-4-13-5-3-11-20-18(13)16/h2-11H,12H2,1H3,(H,22,24)(H2,21,23,26). The van der Waals surface area contributed by atoms with Crippen molar-refractivity contribution in [2.24, 2.45) is 0 Å². The number of anilines is 1. The van der Waals surface area contributed by atoms with E-state index in [1.54, 1.807) is 13.3 Å². The van der Waals surface area contributed by atoms with Crippen LogP contribution in [0.25, 0.3) is 10.9 Å². The van der Waals surface area contributed by atoms with Crippen molar-refractivity contribution < 1.29 is 9.53 Å². The molecule has 0 atom stereocenters. The molecule has 0 aliphatic carbocycles. The molecule has 27 heavy (non-hydrogen) atoms. The maximum absolute atomic E-state index is 12.1. The number of ether oxygens (including phenoxy) is 1. The van der Waals surface area contributed by atoms with Crippen molar-refractivity contribution in [2.75, 3.05) is 18.2 Å². The van der Waals surface area contributed by atoms with Crippen molar-refractivity contribution >= 4 is 51.6 Å². The highest BCUT2D eigenvalue weighted by atomic mass is 32.2. The summed E-state index contributed by atoms with van der Waals surface area (Å²) in [4.78, 5) is 17.4. The van der Waals surface area contributed by atoms with Gasteiger partial charge in [0.05, 0.1) is 18.4 Å². The number of para-hydroxylation sites is 1. The fourth-order valence-electron chi connectivity index (χ4n) is 2.34. The highest BCUT2D eigenvalue weighted by Crippen LogP contribution is 2.25. The van der Waals surface area contributed by atoms with E-state index in [0.717, 1.165) is 27.2 Å². The molecule has 3 N–H and O–H groups in total. The minimum Gasteiger partial charge on any atom is -0.497 e. The second kappa shape index (κ2) is 9.20. The van der Waals surface area contributed by atoms with E-state index in [0.29, 0.717) is 5.11 Å². The molecule has 0 spiro atoms. The predicted octanol–water partition coefficient (Wildman–Crippen LogP) is 3.35. The second-order valence-corrected chi connectivity index (χ2v) is 6.90. The molecule has 0 saturated heterocycles. The van der Waals surface area contributed by atoms with Crippen LogP contribution in [0.15, 0.2) is 65.7 Å². The number of aromatic nitrogens is 1. The molecule has 1 amide bonds. The third kappa shape index (κ3) is 5.32. The third-order valence-electron chi connectivity index (χ3n) is 3.62. The van der Waals surface area contributed by atoms with Crippen LogP contribution >= 0.6 is 24.0 Å². The molecular weight excluding hydrogens is 380 g/mol. The lowest BCUT2D eigenvalue weighted by Gasteiger charge is -2.12. The smallest absolute Gasteiger partial charge is 0.248 e. The van der Waals surface area contributed by atoms with Gasteiger partial charge in [-0.1, -0.05) is 18.2 Å². The summed E-state index contributed by atoms with van der Waals surface area (Å²) in [7, 11) is 1.61. The topological polar surface area (TPSA) is 75.3 Å². The van der Waals surface area contributed by atoms with Gasteiger partial charge in [0.1, 0.15) is 5.75 Å². The third-order valence-corrected chi connectivity index (χ3v) is 4.87. The molecule has 0 saturated carbocycles. The van der Waals surface area contributed by atoms with Crippen LogP contribution in [0.5, 0.6) is 5.75 Å². The van der Waals surface area contributed by atoms with Crippen LogP contribution in [0.1, 0.15) is 0 Å². The van der Waals surface area contributed by atoms with E-state index in [2.05, 4.69) is 21.2 Å². The van der Waals surface area contributed by atoms with Crippen molar-refractivity contribution in [1.82, 2.24) is 15.8 Å². The van der Waals surface area contributed by atoms with E-state index in [4.69, 9.17) is 17.0 Å². The Morgan fingerprint density at radius 3 is 2.67 bits per heavy atom. The van der Waals surface area contributed by atoms with E-state index in [9.17, 15) is 4.79 Å². The van der Waals surface area contributed by atoms with Crippen molar-refractivity contribution in [3.05, 3.63) is 60.8 Å². The number of carbonyl (C=O) groups excluding carboxylic acids is 1. The number of nitrogens with zero attached hydrogens (tertiary/aromatic N) is 1. The predicted molar refractivity (Wildman–Crippen MR) is 113 cm³/mol. The van der Waals surface area contributed by atoms with E-state index in [1.807, 2.05) is 54.6 Å². The Morgan fingerprint density at radius 2 is 1.89 bits per heavy atom. The number of hydrogen-bond donors (Lipinski definition) is 3. The number of methoxy groups -OCH3 is 1. The molecular formula is C19H18N4O2S2. The highest BCUT2D eigenvalue weighted by Gasteiger charge is 2.07. The van der Waals surface area contributed by atoms with Crippen LogP contribution in [0, 0.1) is 0 Å². The van der Waals surface area contributed by atoms with Crippen molar-refractivity contribution in [3.63, 3.8) is 0 Å². The van der Waals surface area contributed by atoms with Gasteiger partial charge in [-0.3, -0.25) is 20.6 Å². The van der Waals surface area contributed by atoms with Gasteiger partial charge in [0.15, 0.2) is 5.11 Å². The van der Waals surface area contributed by atoms with E-state index >= 15 is 0 Å². The average molecular weight is 399 g/mol. The summed E-state index contributed by atoms with van der Waals surface area (Å²) in [6.07, 6.45) is 1.75. The number of carbonyl (C=O) groups is 1. The maximum atomic E-state index is 12.1. The summed E-state index contributed by atoms with van der Waals surface area (Å²) < 4.78 is 5.10. The van der Waals surface area contributed by atoms with Crippen molar-refractivity contribution in [1.29, 1.82) is 0 Å². The monoisotopic (exact) mass is 398 g/mol. The van der Waals surface area contributed by atoms with E-state index in [1.165, 1.54) is 11.8 Å². The van der Waals surface area contributed by atoms with Gasteiger partial charge >= 0.3 is 0 Å². The highest BCUT2D eigenvalue weighted by molar-refractivity contribution is 8.00. The zero-order valence-electron chi connectivity index (χ0n) is 14.6. The first-order chi connectivity index (χ1) is 13.2. The average Bonchev–Trinajstić information content (AvgIpc) is 2.71. The normalized spacial score (nSPS) is 10.3. The van der Waals surface area contributed by atoms with Crippen LogP contribution < -0.4 is 20.9 Å². The Kier molecular flexibility index (Phi) is 6.45. The number of benzene rings is 2. The fourth-order valence-corrected chi connectivity index (χ4v) is 3.34. The van der Waals surface area contributed by atoms with Gasteiger partial charge in [-0.2, -0.15) is 0 Å². The number of fused-ring (bicyclic) bond motifs is 1. The lowest BCUT2D eigenvalue weighted by atomic mass is 10.2. The Morgan fingerprint density at radius 1 is 1.11 bits per heavy atom. The Bertz CT molecular complexity index is 943. The van der Waals surface area contributed by atoms with Gasteiger partial charge in [-0.05, 0) is 48.6 Å². The Balaban J connectivity index is 1.47. The number of thioether (sulfide) groups is 1. The largest absolute Gasteiger partial charge is 0.497 e. The van der Waals surface area contributed by atoms with Crippen LogP contribution in [0.4, 0.5) is 5.69 Å². The summed E-state index contributed by atoms with van der Waals surface area (Å²) in [6.45, 7) is 0. The van der Waals surface area contributed by atoms with Crippen molar-refractivity contribution in [2.45, 2.75) is 4.90 Å². The first kappa shape index (κ1) is 18.9. The van der Waals surface area contributed by atoms with E-state index < -0.39 is 0 Å². The molecule has 0 radical (unpaired) electrons. The summed E-state index contributed by atoms with van der Waals surface area (Å²) >= 11 is 6.60. The first-order valence-electron chi connectivity index (χ1n) is 8.12. The molecule has 0 fully saturated rings. The summed E-state index contributed by atoms with van der Waals surface area (Å²) in [6, 6.07) is 17.1. The minimum atomic E-state index is -0.188. The molecule has 1 heterocycles. The van der Waals surface area contributed by atoms with Gasteiger partial charge < -0.3 is 10.1 Å². The Hall–Kier alpha value is -2.84. The van der Waals surface area contributed by atoms with Crippen LogP contribution in [0.3, 0.4) is 0 Å². The molecule has 0 bridgehead atoms. The second-order valence-electron chi connectivity index (χ2n) is 5.48. The summed E-state index contributed by atoms with van der Waals surface area (Å²) in [5, 5.41) is 4.32. The molecule has 0 aliphatic heterocycles. The molecule has 0 unspecified atom stereocenters. The minimum absolute atomic E-state index is 0.188. The van der Waals surface area contributed by atoms with Gasteiger partial charge in [-0.15, -0.1) is 11.8 Å². The summed E-state index contributed by atoms with van der Waals surface area (Å²) in [5.74, 6) is 0.813. The van der Waals surface area contributed by atoms with Gasteiger partial charge in [0, 0.05) is 22.2 Å². The Labute approximate surface area is 166 Å². The fraction of sp³-hybridized carbons (Fsp3) is 0.105. The van der Waals surface area contributed by atoms with Crippen LogP contribution in [-0.4, -0.2) is 28.9 Å². The van der Waals surface area contributed by atoms with Crippen LogP contribution in [-0.2, 0) is 4.79 Å². The number of thiocarbonyl (C=S) groups is 1. The zero-order valence-corrected chi connectivity index (χ0v) is 16.2. The molecule has 0 aliphatic rings. The molecule has 1 aromatic heterocycles. The molecule has 2 aromatic carbocycles. The maximum Gasteiger partial charge on any atom is 0.248 e.